The molecule has 2 heterocycles. The van der Waals surface area contributed by atoms with Crippen LogP contribution in [0.3, 0.4) is 0 Å². The molecule has 0 amide bonds. The number of unbranched alkanes of at least 4 members (excludes halogenated alkanes) is 1. The van der Waals surface area contributed by atoms with Crippen LogP contribution in [-0.2, 0) is 13.0 Å². The Labute approximate surface area is 109 Å². The van der Waals surface area contributed by atoms with Crippen LogP contribution >= 0.6 is 0 Å². The van der Waals surface area contributed by atoms with E-state index in [-0.39, 0.29) is 0 Å². The van der Waals surface area contributed by atoms with E-state index in [1.54, 1.807) is 0 Å². The highest BCUT2D eigenvalue weighted by molar-refractivity contribution is 5.62. The van der Waals surface area contributed by atoms with Crippen LogP contribution in [0.15, 0.2) is 42.9 Å². The van der Waals surface area contributed by atoms with E-state index in [9.17, 15) is 0 Å². The van der Waals surface area contributed by atoms with E-state index in [0.717, 1.165) is 13.0 Å². The van der Waals surface area contributed by atoms with Crippen molar-refractivity contribution in [3.63, 3.8) is 0 Å². The van der Waals surface area contributed by atoms with Gasteiger partial charge in [-0.15, -0.1) is 0 Å². The summed E-state index contributed by atoms with van der Waals surface area (Å²) < 4.78 is 2.37. The molecule has 0 atom stereocenters. The van der Waals surface area contributed by atoms with E-state index in [4.69, 9.17) is 0 Å². The van der Waals surface area contributed by atoms with Crippen molar-refractivity contribution in [2.75, 3.05) is 0 Å². The van der Waals surface area contributed by atoms with Gasteiger partial charge in [0.05, 0.1) is 0 Å². The molecule has 0 saturated carbocycles. The van der Waals surface area contributed by atoms with E-state index in [1.807, 2.05) is 12.4 Å². The van der Waals surface area contributed by atoms with Gasteiger partial charge in [-0.3, -0.25) is 4.98 Å². The van der Waals surface area contributed by atoms with Gasteiger partial charge in [0.2, 0.25) is 0 Å². The Bertz CT molecular complexity index is 492. The zero-order chi connectivity index (χ0) is 12.8. The van der Waals surface area contributed by atoms with E-state index >= 15 is 0 Å². The molecule has 2 aromatic rings. The molecule has 0 bridgehead atoms. The molecule has 0 aliphatic rings. The highest BCUT2D eigenvalue weighted by Crippen LogP contribution is 2.17. The number of rotatable bonds is 5. The molecule has 2 aromatic heterocycles. The number of pyridine rings is 2. The standard InChI is InChI=1S/C16H21N2/c1-3-5-11-18-12-8-15(13-16(18)4-2)14-6-9-17-10-7-14/h6-10,12-13H,3-5,11H2,1-2H3/q+1. The molecule has 0 spiro atoms. The van der Waals surface area contributed by atoms with Crippen molar-refractivity contribution in [1.82, 2.24) is 4.98 Å². The molecule has 0 fully saturated rings. The summed E-state index contributed by atoms with van der Waals surface area (Å²) in [5, 5.41) is 0. The first-order chi connectivity index (χ1) is 8.85. The predicted molar refractivity (Wildman–Crippen MR) is 74.2 cm³/mol. The second-order valence-corrected chi connectivity index (χ2v) is 4.54. The Hall–Kier alpha value is -1.70. The minimum absolute atomic E-state index is 1.07. The zero-order valence-electron chi connectivity index (χ0n) is 11.3. The number of aromatic nitrogens is 2. The Kier molecular flexibility index (Phi) is 4.46. The molecule has 2 rings (SSSR count). The Morgan fingerprint density at radius 1 is 1.06 bits per heavy atom. The fourth-order valence-electron chi connectivity index (χ4n) is 2.15. The maximum Gasteiger partial charge on any atom is 0.181 e. The third kappa shape index (κ3) is 2.95. The molecule has 0 radical (unpaired) electrons. The Balaban J connectivity index is 2.30. The van der Waals surface area contributed by atoms with Gasteiger partial charge < -0.3 is 0 Å². The maximum atomic E-state index is 4.07. The van der Waals surface area contributed by atoms with Crippen LogP contribution in [0.4, 0.5) is 0 Å². The number of nitrogens with zero attached hydrogens (tertiary/aromatic N) is 2. The normalized spacial score (nSPS) is 10.6. The largest absolute Gasteiger partial charge is 0.265 e. The van der Waals surface area contributed by atoms with Crippen LogP contribution in [0.25, 0.3) is 11.1 Å². The molecule has 0 N–H and O–H groups in total. The first-order valence-electron chi connectivity index (χ1n) is 6.78. The first kappa shape index (κ1) is 12.7. The third-order valence-corrected chi connectivity index (χ3v) is 3.25. The van der Waals surface area contributed by atoms with Crippen molar-refractivity contribution in [3.05, 3.63) is 48.5 Å². The average Bonchev–Trinajstić information content (AvgIpc) is 2.46. The third-order valence-electron chi connectivity index (χ3n) is 3.25. The summed E-state index contributed by atoms with van der Waals surface area (Å²) in [4.78, 5) is 4.07. The van der Waals surface area contributed by atoms with Crippen LogP contribution < -0.4 is 4.57 Å². The second kappa shape index (κ2) is 6.29. The van der Waals surface area contributed by atoms with E-state index in [1.165, 1.54) is 29.7 Å². The molecule has 0 aliphatic carbocycles. The molecular weight excluding hydrogens is 220 g/mol. The summed E-state index contributed by atoms with van der Waals surface area (Å²) in [6.07, 6.45) is 9.46. The lowest BCUT2D eigenvalue weighted by atomic mass is 10.1. The molecular formula is C16H21N2+. The SMILES string of the molecule is CCCC[n+]1ccc(-c2ccncc2)cc1CC. The fourth-order valence-corrected chi connectivity index (χ4v) is 2.15. The summed E-state index contributed by atoms with van der Waals surface area (Å²) >= 11 is 0. The summed E-state index contributed by atoms with van der Waals surface area (Å²) in [6.45, 7) is 5.57. The predicted octanol–water partition coefficient (Wildman–Crippen LogP) is 3.40. The van der Waals surface area contributed by atoms with Crippen LogP contribution in [0.1, 0.15) is 32.4 Å². The molecule has 2 nitrogen and oxygen atoms in total. The van der Waals surface area contributed by atoms with Gasteiger partial charge in [0.25, 0.3) is 0 Å². The minimum Gasteiger partial charge on any atom is -0.265 e. The van der Waals surface area contributed by atoms with Crippen LogP contribution in [-0.4, -0.2) is 4.98 Å². The molecule has 0 unspecified atom stereocenters. The fraction of sp³-hybridized carbons (Fsp3) is 0.375. The molecule has 0 saturated heterocycles. The number of hydrogen-bond acceptors (Lipinski definition) is 1. The molecule has 2 heteroatoms. The van der Waals surface area contributed by atoms with Crippen molar-refractivity contribution < 1.29 is 4.57 Å². The number of aryl methyl sites for hydroxylation is 2. The highest BCUT2D eigenvalue weighted by atomic mass is 14.9. The molecule has 18 heavy (non-hydrogen) atoms. The molecule has 0 aromatic carbocycles. The van der Waals surface area contributed by atoms with E-state index < -0.39 is 0 Å². The Morgan fingerprint density at radius 2 is 1.83 bits per heavy atom. The van der Waals surface area contributed by atoms with Gasteiger partial charge in [-0.2, -0.15) is 0 Å². The topological polar surface area (TPSA) is 16.8 Å². The highest BCUT2D eigenvalue weighted by Gasteiger charge is 2.10. The molecule has 94 valence electrons. The molecule has 0 aliphatic heterocycles. The first-order valence-corrected chi connectivity index (χ1v) is 6.78. The summed E-state index contributed by atoms with van der Waals surface area (Å²) in [7, 11) is 0. The zero-order valence-corrected chi connectivity index (χ0v) is 11.3. The van der Waals surface area contributed by atoms with Gasteiger partial charge in [0.15, 0.2) is 11.9 Å². The number of hydrogen-bond donors (Lipinski definition) is 0. The van der Waals surface area contributed by atoms with E-state index in [0.29, 0.717) is 0 Å². The minimum atomic E-state index is 1.07. The lowest BCUT2D eigenvalue weighted by Crippen LogP contribution is -2.37. The van der Waals surface area contributed by atoms with Crippen molar-refractivity contribution in [1.29, 1.82) is 0 Å². The monoisotopic (exact) mass is 241 g/mol. The van der Waals surface area contributed by atoms with Crippen molar-refractivity contribution in [2.45, 2.75) is 39.7 Å². The lowest BCUT2D eigenvalue weighted by molar-refractivity contribution is -0.704. The summed E-state index contributed by atoms with van der Waals surface area (Å²) in [5.41, 5.74) is 3.92. The van der Waals surface area contributed by atoms with Gasteiger partial charge >= 0.3 is 0 Å². The van der Waals surface area contributed by atoms with Gasteiger partial charge in [-0.25, -0.2) is 4.57 Å². The van der Waals surface area contributed by atoms with Crippen molar-refractivity contribution in [3.8, 4) is 11.1 Å². The van der Waals surface area contributed by atoms with Gasteiger partial charge in [-0.05, 0) is 23.3 Å². The van der Waals surface area contributed by atoms with Crippen LogP contribution in [0.2, 0.25) is 0 Å². The lowest BCUT2D eigenvalue weighted by Gasteiger charge is -2.05. The van der Waals surface area contributed by atoms with E-state index in [2.05, 4.69) is 53.9 Å². The average molecular weight is 241 g/mol. The second-order valence-electron chi connectivity index (χ2n) is 4.54. The van der Waals surface area contributed by atoms with Crippen molar-refractivity contribution in [2.24, 2.45) is 0 Å². The summed E-state index contributed by atoms with van der Waals surface area (Å²) in [6, 6.07) is 8.62. The smallest absolute Gasteiger partial charge is 0.181 e. The van der Waals surface area contributed by atoms with Gasteiger partial charge in [0.1, 0.15) is 6.54 Å². The van der Waals surface area contributed by atoms with Crippen LogP contribution in [0, 0.1) is 0 Å². The van der Waals surface area contributed by atoms with Crippen LogP contribution in [0.5, 0.6) is 0 Å². The van der Waals surface area contributed by atoms with Gasteiger partial charge in [0, 0.05) is 37.4 Å². The Morgan fingerprint density at radius 3 is 2.50 bits per heavy atom. The summed E-state index contributed by atoms with van der Waals surface area (Å²) in [5.74, 6) is 0. The quantitative estimate of drug-likeness (QED) is 0.733. The maximum absolute atomic E-state index is 4.07. The van der Waals surface area contributed by atoms with Crippen molar-refractivity contribution >= 4 is 0 Å². The van der Waals surface area contributed by atoms with Gasteiger partial charge in [-0.1, -0.05) is 20.3 Å².